The van der Waals surface area contributed by atoms with Gasteiger partial charge in [0, 0.05) is 5.56 Å². The Morgan fingerprint density at radius 1 is 1.50 bits per heavy atom. The van der Waals surface area contributed by atoms with Crippen LogP contribution >= 0.6 is 11.6 Å². The van der Waals surface area contributed by atoms with E-state index in [0.29, 0.717) is 6.42 Å². The van der Waals surface area contributed by atoms with Crippen molar-refractivity contribution in [1.82, 2.24) is 0 Å². The third kappa shape index (κ3) is 2.70. The summed E-state index contributed by atoms with van der Waals surface area (Å²) in [4.78, 5) is 11.1. The van der Waals surface area contributed by atoms with Gasteiger partial charge in [-0.25, -0.2) is 0 Å². The lowest BCUT2D eigenvalue weighted by Crippen LogP contribution is -2.23. The lowest BCUT2D eigenvalue weighted by molar-refractivity contribution is -0.119. The molecule has 2 N–H and O–H groups in total. The van der Waals surface area contributed by atoms with Gasteiger partial charge in [-0.05, 0) is 23.6 Å². The summed E-state index contributed by atoms with van der Waals surface area (Å²) in [5.41, 5.74) is 5.00. The Bertz CT molecular complexity index is 390. The van der Waals surface area contributed by atoms with Crippen LogP contribution in [0.1, 0.15) is 30.4 Å². The maximum Gasteiger partial charge on any atom is 0.348 e. The minimum atomic E-state index is -3.49. The highest BCUT2D eigenvalue weighted by atomic mass is 35.5. The third-order valence-electron chi connectivity index (χ3n) is 2.39. The number of carbonyl (C=O) groups excluding carboxylic acids is 1. The molecule has 0 radical (unpaired) electrons. The molecule has 0 spiro atoms. The summed E-state index contributed by atoms with van der Waals surface area (Å²) < 4.78 is 26.2. The first-order valence-electron chi connectivity index (χ1n) is 4.83. The van der Waals surface area contributed by atoms with Crippen molar-refractivity contribution in [3.8, 4) is 0 Å². The van der Waals surface area contributed by atoms with Crippen molar-refractivity contribution in [3.05, 3.63) is 35.4 Å². The Labute approximate surface area is 97.4 Å². The van der Waals surface area contributed by atoms with Gasteiger partial charge in [-0.2, -0.15) is 8.78 Å². The van der Waals surface area contributed by atoms with Crippen LogP contribution in [0, 0.1) is 0 Å². The SMILES string of the molecule is CCC(C(N)=O)c1ccccc1C(F)(F)Cl. The van der Waals surface area contributed by atoms with Crippen molar-refractivity contribution >= 4 is 17.5 Å². The molecular weight excluding hydrogens is 236 g/mol. The van der Waals surface area contributed by atoms with Gasteiger partial charge >= 0.3 is 5.38 Å². The number of alkyl halides is 3. The summed E-state index contributed by atoms with van der Waals surface area (Å²) in [6, 6.07) is 5.67. The molecule has 1 unspecified atom stereocenters. The van der Waals surface area contributed by atoms with Crippen LogP contribution in [0.2, 0.25) is 0 Å². The van der Waals surface area contributed by atoms with E-state index < -0.39 is 17.2 Å². The van der Waals surface area contributed by atoms with Crippen molar-refractivity contribution in [3.63, 3.8) is 0 Å². The van der Waals surface area contributed by atoms with E-state index in [2.05, 4.69) is 0 Å². The molecule has 16 heavy (non-hydrogen) atoms. The number of benzene rings is 1. The van der Waals surface area contributed by atoms with Crippen molar-refractivity contribution < 1.29 is 13.6 Å². The second kappa shape index (κ2) is 4.78. The first-order chi connectivity index (χ1) is 7.38. The van der Waals surface area contributed by atoms with Gasteiger partial charge in [0.25, 0.3) is 0 Å². The van der Waals surface area contributed by atoms with E-state index in [9.17, 15) is 13.6 Å². The largest absolute Gasteiger partial charge is 0.369 e. The number of amides is 1. The van der Waals surface area contributed by atoms with Crippen LogP contribution in [0.25, 0.3) is 0 Å². The monoisotopic (exact) mass is 247 g/mol. The zero-order valence-corrected chi connectivity index (χ0v) is 9.47. The van der Waals surface area contributed by atoms with E-state index in [1.54, 1.807) is 13.0 Å². The van der Waals surface area contributed by atoms with Gasteiger partial charge in [0.15, 0.2) is 0 Å². The molecule has 0 fully saturated rings. The van der Waals surface area contributed by atoms with Gasteiger partial charge in [0.1, 0.15) is 0 Å². The van der Waals surface area contributed by atoms with Crippen LogP contribution < -0.4 is 5.73 Å². The second-order valence-corrected chi connectivity index (χ2v) is 3.92. The number of rotatable bonds is 4. The number of carbonyl (C=O) groups is 1. The summed E-state index contributed by atoms with van der Waals surface area (Å²) in [6.07, 6.45) is 0.360. The third-order valence-corrected chi connectivity index (χ3v) is 2.60. The van der Waals surface area contributed by atoms with E-state index in [1.807, 2.05) is 0 Å². The molecule has 1 amide bonds. The highest BCUT2D eigenvalue weighted by molar-refractivity contribution is 6.22. The van der Waals surface area contributed by atoms with Crippen LogP contribution in [-0.4, -0.2) is 5.91 Å². The van der Waals surface area contributed by atoms with Gasteiger partial charge in [-0.1, -0.05) is 31.2 Å². The van der Waals surface area contributed by atoms with E-state index in [-0.39, 0.29) is 11.1 Å². The topological polar surface area (TPSA) is 43.1 Å². The van der Waals surface area contributed by atoms with Crippen molar-refractivity contribution in [1.29, 1.82) is 0 Å². The molecule has 0 aromatic heterocycles. The summed E-state index contributed by atoms with van der Waals surface area (Å²) in [6.45, 7) is 1.71. The lowest BCUT2D eigenvalue weighted by Gasteiger charge is -2.18. The van der Waals surface area contributed by atoms with E-state index in [1.165, 1.54) is 18.2 Å². The van der Waals surface area contributed by atoms with Gasteiger partial charge in [-0.15, -0.1) is 0 Å². The maximum atomic E-state index is 13.1. The molecule has 0 aliphatic rings. The van der Waals surface area contributed by atoms with Crippen LogP contribution in [0.3, 0.4) is 0 Å². The minimum absolute atomic E-state index is 0.192. The first kappa shape index (κ1) is 12.9. The Hall–Kier alpha value is -1.16. The fourth-order valence-corrected chi connectivity index (χ4v) is 1.81. The van der Waals surface area contributed by atoms with Crippen molar-refractivity contribution in [2.24, 2.45) is 5.73 Å². The van der Waals surface area contributed by atoms with Crippen molar-refractivity contribution in [2.75, 3.05) is 0 Å². The summed E-state index contributed by atoms with van der Waals surface area (Å²) in [7, 11) is 0. The highest BCUT2D eigenvalue weighted by Gasteiger charge is 2.33. The number of hydrogen-bond donors (Lipinski definition) is 1. The maximum absolute atomic E-state index is 13.1. The summed E-state index contributed by atoms with van der Waals surface area (Å²) >= 11 is 4.98. The fraction of sp³-hybridized carbons (Fsp3) is 0.364. The summed E-state index contributed by atoms with van der Waals surface area (Å²) in [5, 5.41) is -3.49. The van der Waals surface area contributed by atoms with Crippen LogP contribution in [-0.2, 0) is 10.2 Å². The molecule has 0 aliphatic carbocycles. The standard InChI is InChI=1S/C11H12ClF2NO/c1-2-7(10(15)16)8-5-3-4-6-9(8)11(12,13)14/h3-7H,2H2,1H3,(H2,15,16). The molecule has 0 saturated carbocycles. The number of nitrogens with two attached hydrogens (primary N) is 1. The predicted octanol–water partition coefficient (Wildman–Crippen LogP) is 2.95. The van der Waals surface area contributed by atoms with Crippen molar-refractivity contribution in [2.45, 2.75) is 24.6 Å². The number of halogens is 3. The first-order valence-corrected chi connectivity index (χ1v) is 5.21. The van der Waals surface area contributed by atoms with Gasteiger partial charge in [0.05, 0.1) is 5.92 Å². The molecule has 88 valence electrons. The van der Waals surface area contributed by atoms with E-state index in [0.717, 1.165) is 0 Å². The number of primary amides is 1. The molecule has 1 aromatic carbocycles. The molecule has 1 atom stereocenters. The predicted molar refractivity (Wildman–Crippen MR) is 58.4 cm³/mol. The Morgan fingerprint density at radius 2 is 2.06 bits per heavy atom. The molecule has 0 heterocycles. The smallest absolute Gasteiger partial charge is 0.348 e. The van der Waals surface area contributed by atoms with Crippen LogP contribution in [0.5, 0.6) is 0 Å². The Morgan fingerprint density at radius 3 is 2.50 bits per heavy atom. The average molecular weight is 248 g/mol. The minimum Gasteiger partial charge on any atom is -0.369 e. The summed E-state index contributed by atoms with van der Waals surface area (Å²) in [5.74, 6) is -1.36. The van der Waals surface area contributed by atoms with Gasteiger partial charge in [-0.3, -0.25) is 4.79 Å². The molecule has 2 nitrogen and oxygen atoms in total. The Kier molecular flexibility index (Phi) is 3.86. The molecular formula is C11H12ClF2NO. The lowest BCUT2D eigenvalue weighted by atomic mass is 9.91. The highest BCUT2D eigenvalue weighted by Crippen LogP contribution is 2.37. The zero-order valence-electron chi connectivity index (χ0n) is 8.71. The molecule has 1 rings (SSSR count). The average Bonchev–Trinajstić information content (AvgIpc) is 2.17. The normalized spacial score (nSPS) is 13.5. The number of hydrogen-bond acceptors (Lipinski definition) is 1. The van der Waals surface area contributed by atoms with Gasteiger partial charge in [0.2, 0.25) is 5.91 Å². The van der Waals surface area contributed by atoms with E-state index >= 15 is 0 Å². The van der Waals surface area contributed by atoms with Crippen LogP contribution in [0.4, 0.5) is 8.78 Å². The van der Waals surface area contributed by atoms with E-state index in [4.69, 9.17) is 17.3 Å². The van der Waals surface area contributed by atoms with Crippen LogP contribution in [0.15, 0.2) is 24.3 Å². The Balaban J connectivity index is 3.27. The fourth-order valence-electron chi connectivity index (χ4n) is 1.63. The molecule has 0 bridgehead atoms. The molecule has 0 saturated heterocycles. The molecule has 1 aromatic rings. The van der Waals surface area contributed by atoms with Gasteiger partial charge < -0.3 is 5.73 Å². The molecule has 0 aliphatic heterocycles. The second-order valence-electron chi connectivity index (χ2n) is 3.45. The zero-order chi connectivity index (χ0) is 12.3. The molecule has 5 heteroatoms. The quantitative estimate of drug-likeness (QED) is 0.817.